The van der Waals surface area contributed by atoms with Crippen LogP contribution in [0, 0.1) is 0 Å². The van der Waals surface area contributed by atoms with Crippen LogP contribution >= 0.6 is 23.2 Å². The lowest BCUT2D eigenvalue weighted by Gasteiger charge is -2.08. The number of hydrogen-bond acceptors (Lipinski definition) is 6. The lowest BCUT2D eigenvalue weighted by atomic mass is 10.1. The smallest absolute Gasteiger partial charge is 0.269 e. The summed E-state index contributed by atoms with van der Waals surface area (Å²) in [5.74, 6) is -0.339. The first-order valence-electron chi connectivity index (χ1n) is 7.78. The van der Waals surface area contributed by atoms with Gasteiger partial charge in [-0.3, -0.25) is 9.59 Å². The van der Waals surface area contributed by atoms with Gasteiger partial charge in [0.2, 0.25) is 11.8 Å². The zero-order valence-electron chi connectivity index (χ0n) is 13.8. The van der Waals surface area contributed by atoms with Gasteiger partial charge in [0.25, 0.3) is 5.56 Å². The van der Waals surface area contributed by atoms with Crippen molar-refractivity contribution in [1.29, 1.82) is 0 Å². The second-order valence-corrected chi connectivity index (χ2v) is 6.59. The van der Waals surface area contributed by atoms with E-state index in [-0.39, 0.29) is 35.3 Å². The fraction of sp³-hybridized carbons (Fsp3) is 0.176. The zero-order valence-corrected chi connectivity index (χ0v) is 15.3. The van der Waals surface area contributed by atoms with E-state index in [0.717, 1.165) is 4.57 Å². The Morgan fingerprint density at radius 1 is 1.30 bits per heavy atom. The number of hydrogen-bond donors (Lipinski definition) is 2. The number of primary amides is 1. The Balaban J connectivity index is 1.76. The molecule has 2 aromatic heterocycles. The molecule has 2 heterocycles. The minimum absolute atomic E-state index is 0.0810. The van der Waals surface area contributed by atoms with Gasteiger partial charge in [0, 0.05) is 17.6 Å². The molecule has 0 aliphatic rings. The summed E-state index contributed by atoms with van der Waals surface area (Å²) < 4.78 is 6.26. The molecule has 0 saturated carbocycles. The molecule has 0 radical (unpaired) electrons. The summed E-state index contributed by atoms with van der Waals surface area (Å²) in [5, 5.41) is 14.5. The van der Waals surface area contributed by atoms with E-state index in [2.05, 4.69) is 10.1 Å². The molecule has 8 nitrogen and oxygen atoms in total. The third-order valence-electron chi connectivity index (χ3n) is 3.77. The monoisotopic (exact) mass is 408 g/mol. The number of carbonyl (C=O) groups excluding carboxylic acids is 1. The molecule has 10 heteroatoms. The molecule has 27 heavy (non-hydrogen) atoms. The highest BCUT2D eigenvalue weighted by atomic mass is 35.5. The van der Waals surface area contributed by atoms with Crippen molar-refractivity contribution < 1.29 is 14.4 Å². The molecule has 1 amide bonds. The Hall–Kier alpha value is -2.68. The quantitative estimate of drug-likeness (QED) is 0.642. The summed E-state index contributed by atoms with van der Waals surface area (Å²) in [6.45, 7) is -0.0935. The lowest BCUT2D eigenvalue weighted by Crippen LogP contribution is -2.24. The molecule has 0 unspecified atom stereocenters. The Labute approximate surface area is 163 Å². The summed E-state index contributed by atoms with van der Waals surface area (Å²) in [6.07, 6.45) is 0.536. The standard InChI is InChI=1S/C17H14Cl2N4O4/c18-11-3-1-9(2-4-11)13(24)6-14-21-15(27-22-14)8-23-7-10(16(20)25)5-12(19)17(23)26/h1-5,7,13,24H,6,8H2,(H2,20,25)/t13-/m0/s1. The van der Waals surface area contributed by atoms with Gasteiger partial charge in [-0.05, 0) is 23.8 Å². The van der Waals surface area contributed by atoms with Crippen LogP contribution in [0.3, 0.4) is 0 Å². The average Bonchev–Trinajstić information content (AvgIpc) is 3.06. The number of nitrogens with zero attached hydrogens (tertiary/aromatic N) is 3. The number of rotatable bonds is 6. The molecule has 3 N–H and O–H groups in total. The van der Waals surface area contributed by atoms with Gasteiger partial charge in [0.15, 0.2) is 5.82 Å². The predicted molar refractivity (Wildman–Crippen MR) is 97.7 cm³/mol. The van der Waals surface area contributed by atoms with E-state index in [0.29, 0.717) is 10.6 Å². The molecule has 1 atom stereocenters. The van der Waals surface area contributed by atoms with E-state index in [1.807, 2.05) is 0 Å². The fourth-order valence-corrected chi connectivity index (χ4v) is 2.76. The van der Waals surface area contributed by atoms with Gasteiger partial charge < -0.3 is 19.9 Å². The number of aliphatic hydroxyl groups is 1. The number of pyridine rings is 1. The van der Waals surface area contributed by atoms with Crippen LogP contribution in [-0.2, 0) is 13.0 Å². The molecule has 0 aliphatic carbocycles. The highest BCUT2D eigenvalue weighted by molar-refractivity contribution is 6.31. The maximum Gasteiger partial charge on any atom is 0.269 e. The van der Waals surface area contributed by atoms with Gasteiger partial charge in [-0.15, -0.1) is 0 Å². The zero-order chi connectivity index (χ0) is 19.6. The minimum atomic E-state index is -0.844. The van der Waals surface area contributed by atoms with Crippen molar-refractivity contribution in [2.24, 2.45) is 5.73 Å². The number of benzene rings is 1. The fourth-order valence-electron chi connectivity index (χ4n) is 2.41. The second kappa shape index (κ2) is 7.91. The van der Waals surface area contributed by atoms with Crippen LogP contribution in [0.4, 0.5) is 0 Å². The number of nitrogens with two attached hydrogens (primary N) is 1. The van der Waals surface area contributed by atoms with Crippen LogP contribution in [0.2, 0.25) is 10.0 Å². The third kappa shape index (κ3) is 4.54. The van der Waals surface area contributed by atoms with Crippen LogP contribution in [0.15, 0.2) is 45.8 Å². The maximum absolute atomic E-state index is 12.1. The topological polar surface area (TPSA) is 124 Å². The van der Waals surface area contributed by atoms with Crippen LogP contribution in [-0.4, -0.2) is 25.7 Å². The van der Waals surface area contributed by atoms with E-state index in [9.17, 15) is 14.7 Å². The SMILES string of the molecule is NC(=O)c1cc(Cl)c(=O)n(Cc2nc(C[C@H](O)c3ccc(Cl)cc3)no2)c1. The van der Waals surface area contributed by atoms with Crippen molar-refractivity contribution in [2.45, 2.75) is 19.1 Å². The summed E-state index contributed by atoms with van der Waals surface area (Å²) >= 11 is 11.7. The summed E-state index contributed by atoms with van der Waals surface area (Å²) in [7, 11) is 0. The van der Waals surface area contributed by atoms with Gasteiger partial charge in [-0.2, -0.15) is 4.98 Å². The Kier molecular flexibility index (Phi) is 5.59. The number of carbonyl (C=O) groups is 1. The lowest BCUT2D eigenvalue weighted by molar-refractivity contribution is 0.0999. The first-order chi connectivity index (χ1) is 12.8. The molecule has 0 saturated heterocycles. The number of aliphatic hydroxyl groups excluding tert-OH is 1. The number of amides is 1. The molecule has 0 spiro atoms. The van der Waals surface area contributed by atoms with Crippen molar-refractivity contribution in [3.05, 3.63) is 79.8 Å². The van der Waals surface area contributed by atoms with Crippen molar-refractivity contribution in [1.82, 2.24) is 14.7 Å². The largest absolute Gasteiger partial charge is 0.388 e. The van der Waals surface area contributed by atoms with Gasteiger partial charge >= 0.3 is 0 Å². The Morgan fingerprint density at radius 3 is 2.67 bits per heavy atom. The number of halogens is 2. The van der Waals surface area contributed by atoms with E-state index in [1.54, 1.807) is 24.3 Å². The summed E-state index contributed by atoms with van der Waals surface area (Å²) in [5.41, 5.74) is 5.43. The summed E-state index contributed by atoms with van der Waals surface area (Å²) in [6, 6.07) is 7.94. The molecule has 3 rings (SSSR count). The van der Waals surface area contributed by atoms with E-state index >= 15 is 0 Å². The molecule has 0 bridgehead atoms. The molecule has 3 aromatic rings. The highest BCUT2D eigenvalue weighted by Crippen LogP contribution is 2.19. The Morgan fingerprint density at radius 2 is 2.00 bits per heavy atom. The average molecular weight is 409 g/mol. The molecular formula is C17H14Cl2N4O4. The summed E-state index contributed by atoms with van der Waals surface area (Å²) in [4.78, 5) is 27.5. The van der Waals surface area contributed by atoms with Crippen molar-refractivity contribution in [3.8, 4) is 0 Å². The molecular weight excluding hydrogens is 395 g/mol. The first kappa shape index (κ1) is 19.1. The van der Waals surface area contributed by atoms with Crippen molar-refractivity contribution in [2.75, 3.05) is 0 Å². The van der Waals surface area contributed by atoms with Crippen LogP contribution < -0.4 is 11.3 Å². The Bertz CT molecular complexity index is 1030. The van der Waals surface area contributed by atoms with Crippen molar-refractivity contribution >= 4 is 29.1 Å². The van der Waals surface area contributed by atoms with E-state index in [1.165, 1.54) is 12.3 Å². The highest BCUT2D eigenvalue weighted by Gasteiger charge is 2.16. The van der Waals surface area contributed by atoms with Crippen LogP contribution in [0.5, 0.6) is 0 Å². The second-order valence-electron chi connectivity index (χ2n) is 5.75. The van der Waals surface area contributed by atoms with Crippen LogP contribution in [0.25, 0.3) is 0 Å². The maximum atomic E-state index is 12.1. The van der Waals surface area contributed by atoms with Crippen molar-refractivity contribution in [3.63, 3.8) is 0 Å². The van der Waals surface area contributed by atoms with Crippen LogP contribution in [0.1, 0.15) is 33.7 Å². The number of aromatic nitrogens is 3. The van der Waals surface area contributed by atoms with E-state index in [4.69, 9.17) is 33.5 Å². The predicted octanol–water partition coefficient (Wildman–Crippen LogP) is 1.96. The molecule has 1 aromatic carbocycles. The molecule has 0 fully saturated rings. The van der Waals surface area contributed by atoms with Gasteiger partial charge in [0.05, 0.1) is 11.7 Å². The normalized spacial score (nSPS) is 12.1. The molecule has 0 aliphatic heterocycles. The minimum Gasteiger partial charge on any atom is -0.388 e. The van der Waals surface area contributed by atoms with E-state index < -0.39 is 17.6 Å². The first-order valence-corrected chi connectivity index (χ1v) is 8.54. The van der Waals surface area contributed by atoms with Gasteiger partial charge in [-0.1, -0.05) is 40.5 Å². The third-order valence-corrected chi connectivity index (χ3v) is 4.30. The van der Waals surface area contributed by atoms with Gasteiger partial charge in [-0.25, -0.2) is 0 Å². The van der Waals surface area contributed by atoms with Gasteiger partial charge in [0.1, 0.15) is 11.6 Å². The molecule has 140 valence electrons.